The molecule has 1 fully saturated rings. The Bertz CT molecular complexity index is 242. The molecule has 2 unspecified atom stereocenters. The number of ether oxygens (including phenoxy) is 4. The second-order valence-corrected chi connectivity index (χ2v) is 11.6. The molecule has 2 atom stereocenters. The van der Waals surface area contributed by atoms with Gasteiger partial charge in [-0.05, 0) is 6.42 Å². The lowest BCUT2D eigenvalue weighted by molar-refractivity contribution is -0.0545. The van der Waals surface area contributed by atoms with E-state index in [-0.39, 0.29) is 6.10 Å². The molecule has 0 amide bonds. The molecule has 1 saturated heterocycles. The third-order valence-electron chi connectivity index (χ3n) is 4.35. The molecule has 0 saturated carbocycles. The molecule has 20 heavy (non-hydrogen) atoms. The minimum atomic E-state index is -0.964. The number of hydrogen-bond donors (Lipinski definition) is 0. The molecular formula is C15H32O4Si. The first-order chi connectivity index (χ1) is 9.63. The molecular weight excluding hydrogens is 272 g/mol. The average Bonchev–Trinajstić information content (AvgIpc) is 3.28. The van der Waals surface area contributed by atoms with E-state index in [2.05, 4.69) is 20.4 Å². The smallest absolute Gasteiger partial charge is 0.104 e. The Morgan fingerprint density at radius 2 is 1.95 bits per heavy atom. The minimum absolute atomic E-state index is 0.0326. The van der Waals surface area contributed by atoms with Crippen molar-refractivity contribution in [3.05, 3.63) is 0 Å². The van der Waals surface area contributed by atoms with Crippen LogP contribution in [-0.2, 0) is 18.9 Å². The zero-order chi connectivity index (χ0) is 14.8. The molecule has 0 aliphatic carbocycles. The first kappa shape index (κ1) is 18.1. The van der Waals surface area contributed by atoms with Gasteiger partial charge < -0.3 is 18.9 Å². The highest BCUT2D eigenvalue weighted by Crippen LogP contribution is 2.21. The van der Waals surface area contributed by atoms with E-state index in [4.69, 9.17) is 18.9 Å². The van der Waals surface area contributed by atoms with Crippen molar-refractivity contribution in [1.82, 2.24) is 0 Å². The lowest BCUT2D eigenvalue weighted by Gasteiger charge is -2.24. The van der Waals surface area contributed by atoms with Gasteiger partial charge in [0.15, 0.2) is 0 Å². The van der Waals surface area contributed by atoms with Crippen LogP contribution in [-0.4, -0.2) is 60.4 Å². The Hall–Kier alpha value is 0.0569. The molecule has 1 aliphatic heterocycles. The van der Waals surface area contributed by atoms with Crippen LogP contribution in [0.4, 0.5) is 0 Å². The summed E-state index contributed by atoms with van der Waals surface area (Å²) in [4.78, 5) is 0. The zero-order valence-electron chi connectivity index (χ0n) is 13.7. The maximum atomic E-state index is 5.76. The fourth-order valence-corrected chi connectivity index (χ4v) is 4.36. The summed E-state index contributed by atoms with van der Waals surface area (Å²) in [5.74, 6) is 0. The maximum absolute atomic E-state index is 5.76. The Morgan fingerprint density at radius 1 is 1.25 bits per heavy atom. The van der Waals surface area contributed by atoms with Crippen LogP contribution in [0, 0.1) is 0 Å². The van der Waals surface area contributed by atoms with E-state index in [9.17, 15) is 0 Å². The molecule has 1 heterocycles. The highest BCUT2D eigenvalue weighted by Gasteiger charge is 2.24. The molecule has 4 nitrogen and oxygen atoms in total. The van der Waals surface area contributed by atoms with Gasteiger partial charge in [0.25, 0.3) is 0 Å². The molecule has 0 aromatic heterocycles. The van der Waals surface area contributed by atoms with Crippen molar-refractivity contribution in [3.63, 3.8) is 0 Å². The van der Waals surface area contributed by atoms with Crippen molar-refractivity contribution in [1.29, 1.82) is 0 Å². The third-order valence-corrected chi connectivity index (χ3v) is 9.33. The summed E-state index contributed by atoms with van der Waals surface area (Å²) in [5, 5.41) is 0. The standard InChI is InChI=1S/C15H32O4Si/c1-5-20(4,6-2)9-7-8-17-11-14(10-16-3)18-12-15-13-19-15/h14-15H,5-13H2,1-4H3. The Labute approximate surface area is 125 Å². The van der Waals surface area contributed by atoms with E-state index in [0.717, 1.165) is 13.2 Å². The molecule has 5 heteroatoms. The van der Waals surface area contributed by atoms with Gasteiger partial charge in [0.2, 0.25) is 0 Å². The molecule has 0 bridgehead atoms. The largest absolute Gasteiger partial charge is 0.382 e. The number of rotatable bonds is 13. The van der Waals surface area contributed by atoms with Gasteiger partial charge in [0.05, 0.1) is 26.4 Å². The van der Waals surface area contributed by atoms with Gasteiger partial charge in [-0.1, -0.05) is 38.5 Å². The Morgan fingerprint density at radius 3 is 2.50 bits per heavy atom. The van der Waals surface area contributed by atoms with Crippen molar-refractivity contribution in [2.75, 3.05) is 40.1 Å². The summed E-state index contributed by atoms with van der Waals surface area (Å²) >= 11 is 0. The topological polar surface area (TPSA) is 40.2 Å². The molecule has 0 aromatic rings. The van der Waals surface area contributed by atoms with Crippen LogP contribution in [0.15, 0.2) is 0 Å². The highest BCUT2D eigenvalue weighted by atomic mass is 28.3. The van der Waals surface area contributed by atoms with Crippen molar-refractivity contribution >= 4 is 8.07 Å². The summed E-state index contributed by atoms with van der Waals surface area (Å²) in [6.07, 6.45) is 1.51. The number of methoxy groups -OCH3 is 1. The predicted octanol–water partition coefficient (Wildman–Crippen LogP) is 2.94. The summed E-state index contributed by atoms with van der Waals surface area (Å²) < 4.78 is 21.8. The van der Waals surface area contributed by atoms with Gasteiger partial charge >= 0.3 is 0 Å². The van der Waals surface area contributed by atoms with Crippen LogP contribution in [0.3, 0.4) is 0 Å². The number of hydrogen-bond acceptors (Lipinski definition) is 4. The van der Waals surface area contributed by atoms with Gasteiger partial charge in [0.1, 0.15) is 12.2 Å². The van der Waals surface area contributed by atoms with Crippen molar-refractivity contribution in [3.8, 4) is 0 Å². The van der Waals surface area contributed by atoms with E-state index in [1.54, 1.807) is 7.11 Å². The van der Waals surface area contributed by atoms with E-state index in [0.29, 0.717) is 25.9 Å². The van der Waals surface area contributed by atoms with Gasteiger partial charge in [0, 0.05) is 21.8 Å². The third kappa shape index (κ3) is 7.74. The van der Waals surface area contributed by atoms with Gasteiger partial charge in [-0.15, -0.1) is 0 Å². The second-order valence-electron chi connectivity index (χ2n) is 6.06. The average molecular weight is 305 g/mol. The second kappa shape index (κ2) is 9.90. The molecule has 0 N–H and O–H groups in total. The first-order valence-corrected chi connectivity index (χ1v) is 11.1. The lowest BCUT2D eigenvalue weighted by Crippen LogP contribution is -2.29. The summed E-state index contributed by atoms with van der Waals surface area (Å²) in [6, 6.07) is 4.12. The normalized spacial score (nSPS) is 20.1. The molecule has 120 valence electrons. The van der Waals surface area contributed by atoms with Gasteiger partial charge in [-0.2, -0.15) is 0 Å². The molecule has 1 aliphatic rings. The Kier molecular flexibility index (Phi) is 8.96. The van der Waals surface area contributed by atoms with E-state index >= 15 is 0 Å². The van der Waals surface area contributed by atoms with Crippen LogP contribution in [0.25, 0.3) is 0 Å². The fourth-order valence-electron chi connectivity index (χ4n) is 2.16. The molecule has 0 radical (unpaired) electrons. The number of epoxide rings is 1. The summed E-state index contributed by atoms with van der Waals surface area (Å²) in [5.41, 5.74) is 0. The van der Waals surface area contributed by atoms with Gasteiger partial charge in [-0.25, -0.2) is 0 Å². The minimum Gasteiger partial charge on any atom is -0.382 e. The van der Waals surface area contributed by atoms with E-state index in [1.165, 1.54) is 24.6 Å². The quantitative estimate of drug-likeness (QED) is 0.298. The monoisotopic (exact) mass is 304 g/mol. The van der Waals surface area contributed by atoms with E-state index in [1.807, 2.05) is 0 Å². The van der Waals surface area contributed by atoms with Gasteiger partial charge in [-0.3, -0.25) is 0 Å². The first-order valence-electron chi connectivity index (χ1n) is 7.93. The van der Waals surface area contributed by atoms with E-state index < -0.39 is 8.07 Å². The Balaban J connectivity index is 2.06. The molecule has 0 spiro atoms. The van der Waals surface area contributed by atoms with Crippen LogP contribution < -0.4 is 0 Å². The van der Waals surface area contributed by atoms with Crippen LogP contribution in [0.1, 0.15) is 20.3 Å². The van der Waals surface area contributed by atoms with Crippen LogP contribution >= 0.6 is 0 Å². The maximum Gasteiger partial charge on any atom is 0.104 e. The van der Waals surface area contributed by atoms with Crippen LogP contribution in [0.2, 0.25) is 24.7 Å². The fraction of sp³-hybridized carbons (Fsp3) is 1.00. The SMILES string of the molecule is CC[Si](C)(CC)CCCOCC(COC)OCC1CO1. The summed E-state index contributed by atoms with van der Waals surface area (Å²) in [6.45, 7) is 10.7. The summed E-state index contributed by atoms with van der Waals surface area (Å²) in [7, 11) is 0.734. The van der Waals surface area contributed by atoms with Crippen molar-refractivity contribution in [2.45, 2.75) is 57.2 Å². The van der Waals surface area contributed by atoms with Crippen molar-refractivity contribution < 1.29 is 18.9 Å². The molecule has 1 rings (SSSR count). The zero-order valence-corrected chi connectivity index (χ0v) is 14.7. The van der Waals surface area contributed by atoms with Crippen molar-refractivity contribution in [2.24, 2.45) is 0 Å². The lowest BCUT2D eigenvalue weighted by atomic mass is 10.4. The molecule has 0 aromatic carbocycles. The predicted molar refractivity (Wildman–Crippen MR) is 84.2 cm³/mol. The van der Waals surface area contributed by atoms with Crippen LogP contribution in [0.5, 0.6) is 0 Å². The highest BCUT2D eigenvalue weighted by molar-refractivity contribution is 6.78.